The summed E-state index contributed by atoms with van der Waals surface area (Å²) in [6, 6.07) is 9.56. The van der Waals surface area contributed by atoms with E-state index < -0.39 is 0 Å². The van der Waals surface area contributed by atoms with Gasteiger partial charge < -0.3 is 14.6 Å². The number of hydrogen-bond donors (Lipinski definition) is 1. The predicted octanol–water partition coefficient (Wildman–Crippen LogP) is 3.91. The van der Waals surface area contributed by atoms with Gasteiger partial charge in [0.1, 0.15) is 22.7 Å². The van der Waals surface area contributed by atoms with E-state index in [0.29, 0.717) is 30.2 Å². The molecule has 0 spiro atoms. The Morgan fingerprint density at radius 2 is 2.10 bits per heavy atom. The van der Waals surface area contributed by atoms with E-state index >= 15 is 0 Å². The highest BCUT2D eigenvalue weighted by Gasteiger charge is 2.22. The van der Waals surface area contributed by atoms with Crippen LogP contribution in [0.25, 0.3) is 10.2 Å². The van der Waals surface area contributed by atoms with Crippen molar-refractivity contribution in [1.29, 1.82) is 0 Å². The van der Waals surface area contributed by atoms with Gasteiger partial charge >= 0.3 is 0 Å². The van der Waals surface area contributed by atoms with Gasteiger partial charge in [-0.1, -0.05) is 6.07 Å². The number of amides is 1. The molecule has 4 rings (SSSR count). The first kappa shape index (κ1) is 19.1. The summed E-state index contributed by atoms with van der Waals surface area (Å²) in [6.45, 7) is 3.06. The van der Waals surface area contributed by atoms with Crippen molar-refractivity contribution in [1.82, 2.24) is 19.9 Å². The zero-order valence-electron chi connectivity index (χ0n) is 16.3. The van der Waals surface area contributed by atoms with Crippen molar-refractivity contribution in [2.45, 2.75) is 19.9 Å². The fourth-order valence-corrected chi connectivity index (χ4v) is 4.24. The molecule has 4 aromatic heterocycles. The molecule has 7 nitrogen and oxygen atoms in total. The smallest absolute Gasteiger partial charge is 0.264 e. The van der Waals surface area contributed by atoms with Crippen LogP contribution in [0.1, 0.15) is 26.7 Å². The number of hydrogen-bond acceptors (Lipinski definition) is 7. The van der Waals surface area contributed by atoms with Crippen molar-refractivity contribution in [2.75, 3.05) is 18.9 Å². The third kappa shape index (κ3) is 4.12. The Bertz CT molecular complexity index is 1110. The van der Waals surface area contributed by atoms with Crippen LogP contribution in [0.3, 0.4) is 0 Å². The first-order valence-corrected chi connectivity index (χ1v) is 10.1. The van der Waals surface area contributed by atoms with Crippen LogP contribution in [-0.4, -0.2) is 39.4 Å². The van der Waals surface area contributed by atoms with E-state index in [-0.39, 0.29) is 5.91 Å². The minimum Gasteiger partial charge on any atom is -0.467 e. The second-order valence-electron chi connectivity index (χ2n) is 6.69. The fourth-order valence-electron chi connectivity index (χ4n) is 3.10. The molecule has 148 valence electrons. The van der Waals surface area contributed by atoms with Gasteiger partial charge in [-0.25, -0.2) is 9.97 Å². The number of anilines is 1. The molecule has 0 aliphatic carbocycles. The Morgan fingerprint density at radius 3 is 2.86 bits per heavy atom. The molecular weight excluding hydrogens is 386 g/mol. The van der Waals surface area contributed by atoms with Crippen LogP contribution in [0.15, 0.2) is 53.5 Å². The lowest BCUT2D eigenvalue weighted by atomic mass is 10.2. The molecule has 0 aliphatic rings. The second kappa shape index (κ2) is 8.40. The molecule has 0 aliphatic heterocycles. The van der Waals surface area contributed by atoms with Gasteiger partial charge in [-0.2, -0.15) is 0 Å². The fraction of sp³-hybridized carbons (Fsp3) is 0.238. The summed E-state index contributed by atoms with van der Waals surface area (Å²) in [6.07, 6.45) is 5.63. The summed E-state index contributed by atoms with van der Waals surface area (Å²) in [7, 11) is 1.82. The standard InChI is InChI=1S/C21H21N5O2S/c1-14-17-19(23-12-16-7-5-11-28-16)24-13-25-20(17)29-18(14)21(27)26(2)10-8-15-6-3-4-9-22-15/h3-7,9,11,13H,8,10,12H2,1-2H3,(H,23,24,25). The van der Waals surface area contributed by atoms with Gasteiger partial charge in [-0.15, -0.1) is 11.3 Å². The van der Waals surface area contributed by atoms with Gasteiger partial charge in [0.15, 0.2) is 0 Å². The van der Waals surface area contributed by atoms with E-state index in [1.54, 1.807) is 17.4 Å². The van der Waals surface area contributed by atoms with Crippen LogP contribution >= 0.6 is 11.3 Å². The SMILES string of the molecule is Cc1c(C(=O)N(C)CCc2ccccn2)sc2ncnc(NCc3ccco3)c12. The molecule has 1 N–H and O–H groups in total. The Balaban J connectivity index is 1.53. The molecule has 29 heavy (non-hydrogen) atoms. The number of fused-ring (bicyclic) bond motifs is 1. The number of rotatable bonds is 7. The summed E-state index contributed by atoms with van der Waals surface area (Å²) >= 11 is 1.40. The highest BCUT2D eigenvalue weighted by Crippen LogP contribution is 2.34. The summed E-state index contributed by atoms with van der Waals surface area (Å²) in [5.41, 5.74) is 1.86. The number of thiophene rings is 1. The molecule has 1 amide bonds. The van der Waals surface area contributed by atoms with Crippen LogP contribution in [-0.2, 0) is 13.0 Å². The number of carbonyl (C=O) groups excluding carboxylic acids is 1. The molecule has 4 aromatic rings. The zero-order chi connectivity index (χ0) is 20.2. The summed E-state index contributed by atoms with van der Waals surface area (Å²) in [4.78, 5) is 29.3. The molecule has 0 atom stereocenters. The molecule has 0 unspecified atom stereocenters. The van der Waals surface area contributed by atoms with Gasteiger partial charge in [-0.3, -0.25) is 9.78 Å². The number of carbonyl (C=O) groups is 1. The maximum atomic E-state index is 13.0. The molecular formula is C21H21N5O2S. The lowest BCUT2D eigenvalue weighted by Crippen LogP contribution is -2.28. The maximum absolute atomic E-state index is 13.0. The van der Waals surface area contributed by atoms with Gasteiger partial charge in [0.05, 0.1) is 23.1 Å². The number of furan rings is 1. The van der Waals surface area contributed by atoms with Gasteiger partial charge in [0.2, 0.25) is 0 Å². The molecule has 0 saturated heterocycles. The Labute approximate surface area is 172 Å². The van der Waals surface area contributed by atoms with Crippen LogP contribution in [0, 0.1) is 6.92 Å². The van der Waals surface area contributed by atoms with Gasteiger partial charge in [0, 0.05) is 31.9 Å². The lowest BCUT2D eigenvalue weighted by Gasteiger charge is -2.16. The molecule has 0 radical (unpaired) electrons. The van der Waals surface area contributed by atoms with Gasteiger partial charge in [-0.05, 0) is 36.8 Å². The number of aromatic nitrogens is 3. The van der Waals surface area contributed by atoms with E-state index in [1.807, 2.05) is 44.3 Å². The summed E-state index contributed by atoms with van der Waals surface area (Å²) in [5.74, 6) is 1.50. The molecule has 0 saturated carbocycles. The van der Waals surface area contributed by atoms with E-state index in [4.69, 9.17) is 4.42 Å². The third-order valence-electron chi connectivity index (χ3n) is 4.71. The normalized spacial score (nSPS) is 11.0. The number of aryl methyl sites for hydroxylation is 1. The Kier molecular flexibility index (Phi) is 5.53. The van der Waals surface area contributed by atoms with E-state index in [9.17, 15) is 4.79 Å². The van der Waals surface area contributed by atoms with E-state index in [0.717, 1.165) is 27.2 Å². The summed E-state index contributed by atoms with van der Waals surface area (Å²) < 4.78 is 5.37. The molecule has 8 heteroatoms. The highest BCUT2D eigenvalue weighted by atomic mass is 32.1. The summed E-state index contributed by atoms with van der Waals surface area (Å²) in [5, 5.41) is 4.17. The average Bonchev–Trinajstić information content (AvgIpc) is 3.39. The largest absolute Gasteiger partial charge is 0.467 e. The van der Waals surface area contributed by atoms with Crippen molar-refractivity contribution >= 4 is 33.3 Å². The van der Waals surface area contributed by atoms with Gasteiger partial charge in [0.25, 0.3) is 5.91 Å². The molecule has 4 heterocycles. The van der Waals surface area contributed by atoms with Crippen molar-refractivity contribution in [2.24, 2.45) is 0 Å². The Morgan fingerprint density at radius 1 is 1.21 bits per heavy atom. The maximum Gasteiger partial charge on any atom is 0.264 e. The van der Waals surface area contributed by atoms with Crippen molar-refractivity contribution in [3.8, 4) is 0 Å². The number of nitrogens with zero attached hydrogens (tertiary/aromatic N) is 4. The second-order valence-corrected chi connectivity index (χ2v) is 7.69. The molecule has 0 bridgehead atoms. The predicted molar refractivity (Wildman–Crippen MR) is 113 cm³/mol. The first-order valence-electron chi connectivity index (χ1n) is 9.29. The number of pyridine rings is 1. The minimum atomic E-state index is -0.0154. The topological polar surface area (TPSA) is 84.2 Å². The molecule has 0 aromatic carbocycles. The monoisotopic (exact) mass is 407 g/mol. The Hall–Kier alpha value is -3.26. The third-order valence-corrected chi connectivity index (χ3v) is 5.90. The van der Waals surface area contributed by atoms with E-state index in [1.165, 1.54) is 17.7 Å². The first-order chi connectivity index (χ1) is 14.1. The van der Waals surface area contributed by atoms with Crippen molar-refractivity contribution in [3.05, 3.63) is 71.0 Å². The quantitative estimate of drug-likeness (QED) is 0.500. The number of likely N-dealkylation sites (N-methyl/N-ethyl adjacent to an activating group) is 1. The average molecular weight is 407 g/mol. The highest BCUT2D eigenvalue weighted by molar-refractivity contribution is 7.20. The van der Waals surface area contributed by atoms with Crippen molar-refractivity contribution < 1.29 is 9.21 Å². The van der Waals surface area contributed by atoms with Crippen LogP contribution in [0.4, 0.5) is 5.82 Å². The van der Waals surface area contributed by atoms with E-state index in [2.05, 4.69) is 20.3 Å². The van der Waals surface area contributed by atoms with Crippen LogP contribution in [0.2, 0.25) is 0 Å². The number of nitrogens with one attached hydrogen (secondary N) is 1. The van der Waals surface area contributed by atoms with Crippen molar-refractivity contribution in [3.63, 3.8) is 0 Å². The minimum absolute atomic E-state index is 0.0154. The lowest BCUT2D eigenvalue weighted by molar-refractivity contribution is 0.0800. The zero-order valence-corrected chi connectivity index (χ0v) is 17.1. The van der Waals surface area contributed by atoms with Crippen LogP contribution in [0.5, 0.6) is 0 Å². The van der Waals surface area contributed by atoms with Crippen LogP contribution < -0.4 is 5.32 Å². The molecule has 0 fully saturated rings.